The first kappa shape index (κ1) is 14.2. The summed E-state index contributed by atoms with van der Waals surface area (Å²) in [4.78, 5) is 14.2. The van der Waals surface area contributed by atoms with Crippen molar-refractivity contribution in [1.82, 2.24) is 4.90 Å². The summed E-state index contributed by atoms with van der Waals surface area (Å²) in [6, 6.07) is 0. The third kappa shape index (κ3) is 2.22. The molecular weight excluding hydrogens is 269 g/mol. The Kier molecular flexibility index (Phi) is 3.09. The lowest BCUT2D eigenvalue weighted by Crippen LogP contribution is -2.49. The first-order chi connectivity index (χ1) is 9.24. The lowest BCUT2D eigenvalue weighted by molar-refractivity contribution is -0.189. The SMILES string of the molecule is NC12CCC(C(=O)N3CCCC(C(F)(F)F)C3)(CC1)C2. The van der Waals surface area contributed by atoms with E-state index in [2.05, 4.69) is 0 Å². The number of hydrogen-bond acceptors (Lipinski definition) is 2. The van der Waals surface area contributed by atoms with E-state index < -0.39 is 17.5 Å². The molecule has 20 heavy (non-hydrogen) atoms. The smallest absolute Gasteiger partial charge is 0.342 e. The van der Waals surface area contributed by atoms with Gasteiger partial charge in [-0.15, -0.1) is 0 Å². The van der Waals surface area contributed by atoms with E-state index in [9.17, 15) is 18.0 Å². The Labute approximate surface area is 116 Å². The van der Waals surface area contributed by atoms with Crippen LogP contribution in [0.5, 0.6) is 0 Å². The highest BCUT2D eigenvalue weighted by Crippen LogP contribution is 2.56. The molecule has 0 radical (unpaired) electrons. The van der Waals surface area contributed by atoms with E-state index in [1.165, 1.54) is 4.90 Å². The number of halogens is 3. The molecule has 3 aliphatic rings. The Morgan fingerprint density at radius 2 is 1.85 bits per heavy atom. The number of piperidine rings is 1. The summed E-state index contributed by atoms with van der Waals surface area (Å²) in [7, 11) is 0. The van der Waals surface area contributed by atoms with Gasteiger partial charge in [0.2, 0.25) is 5.91 Å². The van der Waals surface area contributed by atoms with Crippen molar-refractivity contribution in [3.63, 3.8) is 0 Å². The number of nitrogens with zero attached hydrogens (tertiary/aromatic N) is 1. The molecule has 1 amide bonds. The van der Waals surface area contributed by atoms with Crippen molar-refractivity contribution in [3.05, 3.63) is 0 Å². The third-order valence-electron chi connectivity index (χ3n) is 5.52. The van der Waals surface area contributed by atoms with Gasteiger partial charge >= 0.3 is 6.18 Å². The fraction of sp³-hybridized carbons (Fsp3) is 0.929. The zero-order valence-corrected chi connectivity index (χ0v) is 11.5. The summed E-state index contributed by atoms with van der Waals surface area (Å²) in [5.74, 6) is -1.43. The van der Waals surface area contributed by atoms with Crippen molar-refractivity contribution in [3.8, 4) is 0 Å². The monoisotopic (exact) mass is 290 g/mol. The summed E-state index contributed by atoms with van der Waals surface area (Å²) in [6.45, 7) is 0.298. The van der Waals surface area contributed by atoms with Gasteiger partial charge in [-0.1, -0.05) is 0 Å². The van der Waals surface area contributed by atoms with Crippen LogP contribution in [0.15, 0.2) is 0 Å². The highest BCUT2D eigenvalue weighted by atomic mass is 19.4. The normalized spacial score (nSPS) is 41.2. The largest absolute Gasteiger partial charge is 0.393 e. The maximum atomic E-state index is 12.8. The minimum atomic E-state index is -4.19. The van der Waals surface area contributed by atoms with Gasteiger partial charge < -0.3 is 10.6 Å². The van der Waals surface area contributed by atoms with Crippen molar-refractivity contribution >= 4 is 5.91 Å². The molecule has 3 fully saturated rings. The molecule has 1 heterocycles. The Hall–Kier alpha value is -0.780. The number of amides is 1. The van der Waals surface area contributed by atoms with Crippen LogP contribution in [0.3, 0.4) is 0 Å². The zero-order valence-electron chi connectivity index (χ0n) is 11.5. The van der Waals surface area contributed by atoms with Gasteiger partial charge in [0.15, 0.2) is 0 Å². The fourth-order valence-corrected chi connectivity index (χ4v) is 4.31. The van der Waals surface area contributed by atoms with E-state index in [-0.39, 0.29) is 24.4 Å². The van der Waals surface area contributed by atoms with Gasteiger partial charge in [-0.2, -0.15) is 13.2 Å². The maximum Gasteiger partial charge on any atom is 0.393 e. The Balaban J connectivity index is 1.72. The molecule has 114 valence electrons. The average molecular weight is 290 g/mol. The van der Waals surface area contributed by atoms with Crippen LogP contribution in [0.4, 0.5) is 13.2 Å². The molecular formula is C14H21F3N2O. The molecule has 0 spiro atoms. The molecule has 0 aromatic carbocycles. The Morgan fingerprint density at radius 1 is 1.20 bits per heavy atom. The number of rotatable bonds is 1. The van der Waals surface area contributed by atoms with E-state index in [0.29, 0.717) is 19.4 Å². The minimum Gasteiger partial charge on any atom is -0.342 e. The first-order valence-electron chi connectivity index (χ1n) is 7.39. The number of carbonyl (C=O) groups excluding carboxylic acids is 1. The highest BCUT2D eigenvalue weighted by Gasteiger charge is 2.58. The van der Waals surface area contributed by atoms with Crippen LogP contribution in [0, 0.1) is 11.3 Å². The molecule has 6 heteroatoms. The third-order valence-corrected chi connectivity index (χ3v) is 5.52. The topological polar surface area (TPSA) is 46.3 Å². The van der Waals surface area contributed by atoms with Crippen molar-refractivity contribution in [2.45, 2.75) is 56.7 Å². The van der Waals surface area contributed by atoms with Crippen LogP contribution in [0.1, 0.15) is 44.9 Å². The second kappa shape index (κ2) is 4.36. The van der Waals surface area contributed by atoms with E-state index in [1.54, 1.807) is 0 Å². The maximum absolute atomic E-state index is 12.8. The highest BCUT2D eigenvalue weighted by molar-refractivity contribution is 5.84. The summed E-state index contributed by atoms with van der Waals surface area (Å²) in [5, 5.41) is 0. The predicted molar refractivity (Wildman–Crippen MR) is 67.8 cm³/mol. The molecule has 1 unspecified atom stereocenters. The molecule has 1 saturated heterocycles. The second-order valence-corrected chi connectivity index (χ2v) is 6.95. The van der Waals surface area contributed by atoms with Crippen LogP contribution < -0.4 is 5.73 Å². The van der Waals surface area contributed by atoms with Crippen molar-refractivity contribution in [1.29, 1.82) is 0 Å². The summed E-state index contributed by atoms with van der Waals surface area (Å²) >= 11 is 0. The summed E-state index contributed by atoms with van der Waals surface area (Å²) in [6.07, 6.45) is 0.197. The second-order valence-electron chi connectivity index (χ2n) is 6.95. The van der Waals surface area contributed by atoms with Gasteiger partial charge in [-0.25, -0.2) is 0 Å². The van der Waals surface area contributed by atoms with Crippen molar-refractivity contribution in [2.75, 3.05) is 13.1 Å². The molecule has 2 N–H and O–H groups in total. The van der Waals surface area contributed by atoms with E-state index in [4.69, 9.17) is 5.73 Å². The van der Waals surface area contributed by atoms with Crippen LogP contribution >= 0.6 is 0 Å². The lowest BCUT2D eigenvalue weighted by Gasteiger charge is -2.38. The average Bonchev–Trinajstić information content (AvgIpc) is 2.92. The molecule has 3 rings (SSSR count). The number of likely N-dealkylation sites (tertiary alicyclic amines) is 1. The van der Waals surface area contributed by atoms with Gasteiger partial charge in [0.25, 0.3) is 0 Å². The van der Waals surface area contributed by atoms with E-state index in [0.717, 1.165) is 25.7 Å². The standard InChI is InChI=1S/C14H21F3N2O/c15-14(16,17)10-2-1-7-19(8-10)11(20)12-3-5-13(18,9-12)6-4-12/h10H,1-9,18H2. The van der Waals surface area contributed by atoms with Gasteiger partial charge in [0.05, 0.1) is 11.3 Å². The molecule has 1 atom stereocenters. The van der Waals surface area contributed by atoms with E-state index >= 15 is 0 Å². The molecule has 2 saturated carbocycles. The molecule has 0 aromatic rings. The van der Waals surface area contributed by atoms with Crippen LogP contribution in [-0.2, 0) is 4.79 Å². The number of hydrogen-bond donors (Lipinski definition) is 1. The van der Waals surface area contributed by atoms with Gasteiger partial charge in [0.1, 0.15) is 0 Å². The Morgan fingerprint density at radius 3 is 2.35 bits per heavy atom. The summed E-state index contributed by atoms with van der Waals surface area (Å²) in [5.41, 5.74) is 5.50. The summed E-state index contributed by atoms with van der Waals surface area (Å²) < 4.78 is 38.5. The first-order valence-corrected chi connectivity index (χ1v) is 7.39. The number of fused-ring (bicyclic) bond motifs is 2. The number of alkyl halides is 3. The molecule has 2 aliphatic carbocycles. The van der Waals surface area contributed by atoms with Gasteiger partial charge in [-0.05, 0) is 44.9 Å². The number of carbonyl (C=O) groups is 1. The number of nitrogens with two attached hydrogens (primary N) is 1. The van der Waals surface area contributed by atoms with Crippen LogP contribution in [0.2, 0.25) is 0 Å². The minimum absolute atomic E-state index is 0.0729. The lowest BCUT2D eigenvalue weighted by atomic mass is 9.81. The van der Waals surface area contributed by atoms with Gasteiger partial charge in [0, 0.05) is 18.6 Å². The molecule has 1 aliphatic heterocycles. The molecule has 0 aromatic heterocycles. The predicted octanol–water partition coefficient (Wildman–Crippen LogP) is 2.45. The quantitative estimate of drug-likeness (QED) is 0.806. The van der Waals surface area contributed by atoms with Gasteiger partial charge in [-0.3, -0.25) is 4.79 Å². The van der Waals surface area contributed by atoms with Crippen molar-refractivity contribution in [2.24, 2.45) is 17.1 Å². The fourth-order valence-electron chi connectivity index (χ4n) is 4.31. The van der Waals surface area contributed by atoms with E-state index in [1.807, 2.05) is 0 Å². The molecule has 3 nitrogen and oxygen atoms in total. The van der Waals surface area contributed by atoms with Crippen LogP contribution in [-0.4, -0.2) is 35.6 Å². The van der Waals surface area contributed by atoms with Crippen LogP contribution in [0.25, 0.3) is 0 Å². The molecule has 2 bridgehead atoms. The Bertz CT molecular complexity index is 413. The zero-order chi connectivity index (χ0) is 14.6. The van der Waals surface area contributed by atoms with Crippen molar-refractivity contribution < 1.29 is 18.0 Å².